The van der Waals surface area contributed by atoms with Crippen LogP contribution in [0.1, 0.15) is 5.82 Å². The topological polar surface area (TPSA) is 41.6 Å². The fraction of sp³-hybridized carbons (Fsp3) is 0.200. The molecule has 0 spiro atoms. The Labute approximate surface area is 84.6 Å². The van der Waals surface area contributed by atoms with Crippen LogP contribution in [-0.2, 0) is 6.54 Å². The molecular formula is C10H7F2N3. The van der Waals surface area contributed by atoms with E-state index in [1.807, 2.05) is 6.07 Å². The molecule has 0 atom stereocenters. The normalized spacial score (nSPS) is 10.5. The second kappa shape index (κ2) is 3.31. The quantitative estimate of drug-likeness (QED) is 0.718. The van der Waals surface area contributed by atoms with Gasteiger partial charge in [0.2, 0.25) is 0 Å². The first-order chi connectivity index (χ1) is 7.13. The molecule has 1 heterocycles. The van der Waals surface area contributed by atoms with E-state index in [1.54, 1.807) is 6.92 Å². The maximum absolute atomic E-state index is 13.0. The van der Waals surface area contributed by atoms with Gasteiger partial charge in [-0.05, 0) is 6.92 Å². The smallest absolute Gasteiger partial charge is 0.161 e. The van der Waals surface area contributed by atoms with Gasteiger partial charge in [-0.15, -0.1) is 0 Å². The van der Waals surface area contributed by atoms with Gasteiger partial charge < -0.3 is 4.57 Å². The van der Waals surface area contributed by atoms with Crippen molar-refractivity contribution in [2.75, 3.05) is 0 Å². The molecule has 3 nitrogen and oxygen atoms in total. The van der Waals surface area contributed by atoms with Crippen molar-refractivity contribution in [1.82, 2.24) is 9.55 Å². The number of benzene rings is 1. The van der Waals surface area contributed by atoms with Crippen molar-refractivity contribution >= 4 is 11.0 Å². The largest absolute Gasteiger partial charge is 0.314 e. The minimum atomic E-state index is -0.929. The van der Waals surface area contributed by atoms with Gasteiger partial charge in [-0.1, -0.05) is 0 Å². The number of rotatable bonds is 1. The van der Waals surface area contributed by atoms with E-state index in [-0.39, 0.29) is 6.54 Å². The van der Waals surface area contributed by atoms with Crippen molar-refractivity contribution in [3.63, 3.8) is 0 Å². The Kier molecular flexibility index (Phi) is 2.12. The van der Waals surface area contributed by atoms with Crippen LogP contribution >= 0.6 is 0 Å². The minimum absolute atomic E-state index is 0.0768. The fourth-order valence-electron chi connectivity index (χ4n) is 1.51. The van der Waals surface area contributed by atoms with Gasteiger partial charge in [0.05, 0.1) is 17.1 Å². The summed E-state index contributed by atoms with van der Waals surface area (Å²) in [5.41, 5.74) is 0.801. The Morgan fingerprint density at radius 1 is 1.40 bits per heavy atom. The van der Waals surface area contributed by atoms with Crippen molar-refractivity contribution in [2.45, 2.75) is 13.5 Å². The lowest BCUT2D eigenvalue weighted by Crippen LogP contribution is -1.98. The van der Waals surface area contributed by atoms with Crippen LogP contribution in [-0.4, -0.2) is 9.55 Å². The zero-order chi connectivity index (χ0) is 11.0. The molecule has 0 saturated heterocycles. The van der Waals surface area contributed by atoms with Gasteiger partial charge in [-0.2, -0.15) is 5.26 Å². The van der Waals surface area contributed by atoms with Gasteiger partial charge in [-0.25, -0.2) is 13.8 Å². The van der Waals surface area contributed by atoms with E-state index >= 15 is 0 Å². The van der Waals surface area contributed by atoms with Crippen LogP contribution < -0.4 is 0 Å². The highest BCUT2D eigenvalue weighted by molar-refractivity contribution is 5.76. The molecule has 15 heavy (non-hydrogen) atoms. The first-order valence-electron chi connectivity index (χ1n) is 4.32. The number of imidazole rings is 1. The van der Waals surface area contributed by atoms with Crippen LogP contribution in [0.25, 0.3) is 11.0 Å². The Balaban J connectivity index is 2.77. The molecule has 5 heteroatoms. The predicted octanol–water partition coefficient (Wildman–Crippen LogP) is 2.15. The van der Waals surface area contributed by atoms with Gasteiger partial charge in [0, 0.05) is 12.1 Å². The molecule has 0 aliphatic carbocycles. The number of nitriles is 1. The first kappa shape index (κ1) is 9.59. The van der Waals surface area contributed by atoms with Crippen LogP contribution in [0.4, 0.5) is 8.78 Å². The molecule has 0 radical (unpaired) electrons. The molecule has 0 fully saturated rings. The van der Waals surface area contributed by atoms with Crippen LogP contribution in [0.2, 0.25) is 0 Å². The molecule has 0 amide bonds. The molecule has 0 aliphatic heterocycles. The van der Waals surface area contributed by atoms with E-state index in [2.05, 4.69) is 4.98 Å². The van der Waals surface area contributed by atoms with Crippen LogP contribution in [0.3, 0.4) is 0 Å². The minimum Gasteiger partial charge on any atom is -0.314 e. The Morgan fingerprint density at radius 2 is 2.07 bits per heavy atom. The number of nitrogens with zero attached hydrogens (tertiary/aromatic N) is 3. The number of aromatic nitrogens is 2. The van der Waals surface area contributed by atoms with Crippen LogP contribution in [0.15, 0.2) is 12.1 Å². The highest BCUT2D eigenvalue weighted by Gasteiger charge is 2.11. The summed E-state index contributed by atoms with van der Waals surface area (Å²) in [5, 5.41) is 8.58. The van der Waals surface area contributed by atoms with Gasteiger partial charge in [0.25, 0.3) is 0 Å². The molecule has 1 aromatic carbocycles. The van der Waals surface area contributed by atoms with E-state index in [1.165, 1.54) is 4.57 Å². The maximum atomic E-state index is 13.0. The van der Waals surface area contributed by atoms with E-state index in [4.69, 9.17) is 5.26 Å². The van der Waals surface area contributed by atoms with Crippen molar-refractivity contribution in [1.29, 1.82) is 5.26 Å². The summed E-state index contributed by atoms with van der Waals surface area (Å²) in [5.74, 6) is -1.29. The van der Waals surface area contributed by atoms with E-state index in [0.717, 1.165) is 12.1 Å². The lowest BCUT2D eigenvalue weighted by atomic mass is 10.3. The average Bonchev–Trinajstić information content (AvgIpc) is 2.46. The Bertz CT molecular complexity index is 566. The second-order valence-corrected chi connectivity index (χ2v) is 3.16. The summed E-state index contributed by atoms with van der Waals surface area (Å²) >= 11 is 0. The van der Waals surface area contributed by atoms with Gasteiger partial charge >= 0.3 is 0 Å². The maximum Gasteiger partial charge on any atom is 0.161 e. The zero-order valence-corrected chi connectivity index (χ0v) is 7.96. The summed E-state index contributed by atoms with van der Waals surface area (Å²) in [6, 6.07) is 4.03. The number of aryl methyl sites for hydroxylation is 1. The van der Waals surface area contributed by atoms with E-state index in [0.29, 0.717) is 16.9 Å². The SMILES string of the molecule is Cc1nc2cc(F)c(F)cc2n1CC#N. The van der Waals surface area contributed by atoms with Crippen molar-refractivity contribution in [2.24, 2.45) is 0 Å². The highest BCUT2D eigenvalue weighted by atomic mass is 19.2. The Morgan fingerprint density at radius 3 is 2.73 bits per heavy atom. The third kappa shape index (κ3) is 1.44. The fourth-order valence-corrected chi connectivity index (χ4v) is 1.51. The molecule has 2 rings (SSSR count). The predicted molar refractivity (Wildman–Crippen MR) is 50.0 cm³/mol. The van der Waals surface area contributed by atoms with Gasteiger partial charge in [-0.3, -0.25) is 0 Å². The molecule has 76 valence electrons. The van der Waals surface area contributed by atoms with Crippen molar-refractivity contribution < 1.29 is 8.78 Å². The van der Waals surface area contributed by atoms with Crippen LogP contribution in [0.5, 0.6) is 0 Å². The monoisotopic (exact) mass is 207 g/mol. The molecule has 0 saturated carbocycles. The first-order valence-corrected chi connectivity index (χ1v) is 4.32. The standard InChI is InChI=1S/C10H7F2N3/c1-6-14-9-4-7(11)8(12)5-10(9)15(6)3-2-13/h4-5H,3H2,1H3. The Hall–Kier alpha value is -1.96. The number of hydrogen-bond donors (Lipinski definition) is 0. The van der Waals surface area contributed by atoms with E-state index in [9.17, 15) is 8.78 Å². The van der Waals surface area contributed by atoms with Crippen molar-refractivity contribution in [3.05, 3.63) is 29.6 Å². The zero-order valence-electron chi connectivity index (χ0n) is 7.96. The number of hydrogen-bond acceptors (Lipinski definition) is 2. The van der Waals surface area contributed by atoms with Crippen LogP contribution in [0, 0.1) is 29.9 Å². The average molecular weight is 207 g/mol. The lowest BCUT2D eigenvalue weighted by molar-refractivity contribution is 0.510. The summed E-state index contributed by atoms with van der Waals surface area (Å²) in [7, 11) is 0. The van der Waals surface area contributed by atoms with Gasteiger partial charge in [0.1, 0.15) is 12.4 Å². The molecule has 2 aromatic rings. The van der Waals surface area contributed by atoms with Crippen molar-refractivity contribution in [3.8, 4) is 6.07 Å². The summed E-state index contributed by atoms with van der Waals surface area (Å²) < 4.78 is 27.4. The molecule has 0 bridgehead atoms. The third-order valence-corrected chi connectivity index (χ3v) is 2.21. The lowest BCUT2D eigenvalue weighted by Gasteiger charge is -1.99. The molecule has 0 N–H and O–H groups in total. The summed E-state index contributed by atoms with van der Waals surface area (Å²) in [6.45, 7) is 1.76. The third-order valence-electron chi connectivity index (χ3n) is 2.21. The van der Waals surface area contributed by atoms with Gasteiger partial charge in [0.15, 0.2) is 11.6 Å². The molecule has 1 aromatic heterocycles. The molecule has 0 aliphatic rings. The summed E-state index contributed by atoms with van der Waals surface area (Å²) in [6.07, 6.45) is 0. The summed E-state index contributed by atoms with van der Waals surface area (Å²) in [4.78, 5) is 4.04. The molecule has 0 unspecified atom stereocenters. The number of fused-ring (bicyclic) bond motifs is 1. The van der Waals surface area contributed by atoms with E-state index < -0.39 is 11.6 Å². The second-order valence-electron chi connectivity index (χ2n) is 3.16. The highest BCUT2D eigenvalue weighted by Crippen LogP contribution is 2.19. The molecular weight excluding hydrogens is 200 g/mol. The number of halogens is 2.